The van der Waals surface area contributed by atoms with E-state index >= 15 is 0 Å². The van der Waals surface area contributed by atoms with Crippen molar-refractivity contribution in [2.75, 3.05) is 20.8 Å². The highest BCUT2D eigenvalue weighted by Gasteiger charge is 2.23. The van der Waals surface area contributed by atoms with Crippen LogP contribution in [0.15, 0.2) is 47.4 Å². The molecule has 0 heterocycles. The second-order valence-electron chi connectivity index (χ2n) is 5.70. The third-order valence-corrected chi connectivity index (χ3v) is 5.99. The van der Waals surface area contributed by atoms with E-state index in [1.807, 2.05) is 0 Å². The number of nitrogens with zero attached hydrogens (tertiary/aromatic N) is 1. The Bertz CT molecular complexity index is 875. The number of carbonyl (C=O) groups excluding carboxylic acids is 1. The molecule has 0 aromatic heterocycles. The number of ketones is 1. The van der Waals surface area contributed by atoms with Crippen molar-refractivity contribution in [2.45, 2.75) is 25.3 Å². The third kappa shape index (κ3) is 4.23. The van der Waals surface area contributed by atoms with E-state index in [1.54, 1.807) is 32.2 Å². The maximum atomic E-state index is 12.9. The van der Waals surface area contributed by atoms with Gasteiger partial charge in [0, 0.05) is 18.7 Å². The van der Waals surface area contributed by atoms with Gasteiger partial charge < -0.3 is 9.47 Å². The van der Waals surface area contributed by atoms with Crippen molar-refractivity contribution in [1.82, 2.24) is 4.31 Å². The Balaban J connectivity index is 2.30. The summed E-state index contributed by atoms with van der Waals surface area (Å²) in [6.07, 6.45) is 0. The van der Waals surface area contributed by atoms with E-state index in [2.05, 4.69) is 0 Å². The maximum absolute atomic E-state index is 12.9. The zero-order valence-corrected chi connectivity index (χ0v) is 16.2. The summed E-state index contributed by atoms with van der Waals surface area (Å²) in [4.78, 5) is 11.5. The van der Waals surface area contributed by atoms with Crippen LogP contribution in [0.25, 0.3) is 0 Å². The van der Waals surface area contributed by atoms with Gasteiger partial charge in [-0.25, -0.2) is 8.42 Å². The van der Waals surface area contributed by atoms with E-state index in [4.69, 9.17) is 9.47 Å². The lowest BCUT2D eigenvalue weighted by Gasteiger charge is -2.21. The molecule has 0 aliphatic heterocycles. The smallest absolute Gasteiger partial charge is 0.243 e. The molecule has 0 fully saturated rings. The molecular formula is C19H23NO5S. The highest BCUT2D eigenvalue weighted by Crippen LogP contribution is 2.29. The molecule has 0 spiro atoms. The number of Topliss-reactive ketones (excluding diaryl/α,β-unsaturated/α-hetero) is 1. The molecule has 0 bridgehead atoms. The largest absolute Gasteiger partial charge is 0.493 e. The van der Waals surface area contributed by atoms with E-state index in [0.29, 0.717) is 23.6 Å². The van der Waals surface area contributed by atoms with Gasteiger partial charge in [-0.1, -0.05) is 25.1 Å². The van der Waals surface area contributed by atoms with Crippen LogP contribution < -0.4 is 9.47 Å². The van der Waals surface area contributed by atoms with Crippen LogP contribution in [0.5, 0.6) is 11.5 Å². The zero-order chi connectivity index (χ0) is 19.3. The Labute approximate surface area is 154 Å². The number of rotatable bonds is 8. The fourth-order valence-corrected chi connectivity index (χ4v) is 4.00. The van der Waals surface area contributed by atoms with Crippen molar-refractivity contribution in [3.05, 3.63) is 53.6 Å². The first kappa shape index (κ1) is 19.9. The van der Waals surface area contributed by atoms with Crippen LogP contribution in [-0.2, 0) is 16.6 Å². The minimum absolute atomic E-state index is 0.105. The van der Waals surface area contributed by atoms with Crippen molar-refractivity contribution in [3.63, 3.8) is 0 Å². The van der Waals surface area contributed by atoms with Gasteiger partial charge in [0.1, 0.15) is 0 Å². The number of ether oxygens (including phenoxy) is 2. The van der Waals surface area contributed by atoms with Crippen LogP contribution >= 0.6 is 0 Å². The molecule has 140 valence electrons. The molecule has 2 aromatic rings. The molecule has 0 aliphatic carbocycles. The molecule has 26 heavy (non-hydrogen) atoms. The number of sulfonamides is 1. The molecule has 0 radical (unpaired) electrons. The van der Waals surface area contributed by atoms with Gasteiger partial charge in [0.25, 0.3) is 0 Å². The molecular weight excluding hydrogens is 354 g/mol. The van der Waals surface area contributed by atoms with Gasteiger partial charge in [-0.3, -0.25) is 4.79 Å². The highest BCUT2D eigenvalue weighted by atomic mass is 32.2. The molecule has 0 unspecified atom stereocenters. The molecule has 2 aromatic carbocycles. The molecule has 7 heteroatoms. The SMILES string of the molecule is CCN(Cc1ccc(OC)c(OC)c1)S(=O)(=O)c1ccc(C(C)=O)cc1. The fourth-order valence-electron chi connectivity index (χ4n) is 2.56. The summed E-state index contributed by atoms with van der Waals surface area (Å²) in [5, 5.41) is 0. The van der Waals surface area contributed by atoms with Gasteiger partial charge in [0.05, 0.1) is 19.1 Å². The molecule has 0 N–H and O–H groups in total. The lowest BCUT2D eigenvalue weighted by Crippen LogP contribution is -2.30. The topological polar surface area (TPSA) is 72.9 Å². The van der Waals surface area contributed by atoms with Crippen LogP contribution in [0.2, 0.25) is 0 Å². The molecule has 0 amide bonds. The Morgan fingerprint density at radius 3 is 2.12 bits per heavy atom. The Morgan fingerprint density at radius 1 is 1.00 bits per heavy atom. The first-order valence-electron chi connectivity index (χ1n) is 8.15. The van der Waals surface area contributed by atoms with Crippen molar-refractivity contribution in [2.24, 2.45) is 0 Å². The zero-order valence-electron chi connectivity index (χ0n) is 15.4. The number of hydrogen-bond acceptors (Lipinski definition) is 5. The number of carbonyl (C=O) groups is 1. The van der Waals surface area contributed by atoms with Gasteiger partial charge in [0.15, 0.2) is 17.3 Å². The molecule has 0 aliphatic rings. The predicted molar refractivity (Wildman–Crippen MR) is 99.3 cm³/mol. The standard InChI is InChI=1S/C19H23NO5S/c1-5-20(13-15-6-11-18(24-3)19(12-15)25-4)26(22,23)17-9-7-16(8-10-17)14(2)21/h6-12H,5,13H2,1-4H3. The highest BCUT2D eigenvalue weighted by molar-refractivity contribution is 7.89. The molecule has 2 rings (SSSR count). The Morgan fingerprint density at radius 2 is 1.62 bits per heavy atom. The molecule has 0 saturated heterocycles. The summed E-state index contributed by atoms with van der Waals surface area (Å²) in [6.45, 7) is 3.74. The summed E-state index contributed by atoms with van der Waals surface area (Å²) >= 11 is 0. The predicted octanol–water partition coefficient (Wildman–Crippen LogP) is 3.12. The maximum Gasteiger partial charge on any atom is 0.243 e. The van der Waals surface area contributed by atoms with Gasteiger partial charge in [0.2, 0.25) is 10.0 Å². The van der Waals surface area contributed by atoms with Crippen molar-refractivity contribution < 1.29 is 22.7 Å². The van der Waals surface area contributed by atoms with E-state index in [0.717, 1.165) is 5.56 Å². The van der Waals surface area contributed by atoms with Gasteiger partial charge in [-0.2, -0.15) is 4.31 Å². The first-order valence-corrected chi connectivity index (χ1v) is 9.59. The van der Waals surface area contributed by atoms with Gasteiger partial charge >= 0.3 is 0 Å². The van der Waals surface area contributed by atoms with Crippen LogP contribution in [0, 0.1) is 0 Å². The third-order valence-electron chi connectivity index (χ3n) is 4.06. The van der Waals surface area contributed by atoms with Crippen LogP contribution in [0.4, 0.5) is 0 Å². The first-order chi connectivity index (χ1) is 12.3. The van der Waals surface area contributed by atoms with Crippen LogP contribution in [-0.4, -0.2) is 39.3 Å². The quantitative estimate of drug-likeness (QED) is 0.661. The van der Waals surface area contributed by atoms with Crippen LogP contribution in [0.1, 0.15) is 29.8 Å². The summed E-state index contributed by atoms with van der Waals surface area (Å²) in [5.41, 5.74) is 1.26. The molecule has 0 atom stereocenters. The molecule has 0 saturated carbocycles. The Hall–Kier alpha value is -2.38. The minimum atomic E-state index is -3.68. The van der Waals surface area contributed by atoms with Crippen molar-refractivity contribution in [1.29, 1.82) is 0 Å². The lowest BCUT2D eigenvalue weighted by molar-refractivity contribution is 0.101. The lowest BCUT2D eigenvalue weighted by atomic mass is 10.2. The van der Waals surface area contributed by atoms with Crippen molar-refractivity contribution >= 4 is 15.8 Å². The summed E-state index contributed by atoms with van der Waals surface area (Å²) in [7, 11) is -0.596. The second-order valence-corrected chi connectivity index (χ2v) is 7.64. The average Bonchev–Trinajstić information content (AvgIpc) is 2.65. The fraction of sp³-hybridized carbons (Fsp3) is 0.316. The van der Waals surface area contributed by atoms with Crippen LogP contribution in [0.3, 0.4) is 0 Å². The minimum Gasteiger partial charge on any atom is -0.493 e. The van der Waals surface area contributed by atoms with Crippen molar-refractivity contribution in [3.8, 4) is 11.5 Å². The van der Waals surface area contributed by atoms with E-state index in [-0.39, 0.29) is 17.2 Å². The van der Waals surface area contributed by atoms with E-state index < -0.39 is 10.0 Å². The van der Waals surface area contributed by atoms with E-state index in [1.165, 1.54) is 42.6 Å². The van der Waals surface area contributed by atoms with Gasteiger partial charge in [-0.15, -0.1) is 0 Å². The van der Waals surface area contributed by atoms with Gasteiger partial charge in [-0.05, 0) is 36.8 Å². The van der Waals surface area contributed by atoms with E-state index in [9.17, 15) is 13.2 Å². The molecule has 6 nitrogen and oxygen atoms in total. The normalized spacial score (nSPS) is 11.4. The summed E-state index contributed by atoms with van der Waals surface area (Å²) in [6, 6.07) is 11.3. The number of methoxy groups -OCH3 is 2. The summed E-state index contributed by atoms with van der Waals surface area (Å²) in [5.74, 6) is 1.03. The average molecular weight is 377 g/mol. The number of hydrogen-bond donors (Lipinski definition) is 0. The summed E-state index contributed by atoms with van der Waals surface area (Å²) < 4.78 is 37.7. The number of benzene rings is 2. The second kappa shape index (κ2) is 8.33. The Kier molecular flexibility index (Phi) is 6.39. The monoisotopic (exact) mass is 377 g/mol.